The van der Waals surface area contributed by atoms with E-state index in [1.807, 2.05) is 24.3 Å². The van der Waals surface area contributed by atoms with E-state index >= 15 is 0 Å². The number of benzene rings is 1. The van der Waals surface area contributed by atoms with Gasteiger partial charge in [0.05, 0.1) is 0 Å². The van der Waals surface area contributed by atoms with Gasteiger partial charge < -0.3 is 9.88 Å². The van der Waals surface area contributed by atoms with Gasteiger partial charge in [0.15, 0.2) is 5.78 Å². The average molecular weight is 240 g/mol. The highest BCUT2D eigenvalue weighted by Gasteiger charge is 2.13. The molecule has 3 rings (SSSR count). The molecule has 3 heteroatoms. The fraction of sp³-hybridized carbons (Fsp3) is 0.267. The molecule has 0 atom stereocenters. The first-order valence-corrected chi connectivity index (χ1v) is 6.37. The second kappa shape index (κ2) is 4.69. The molecule has 0 radical (unpaired) electrons. The number of nitrogens with zero attached hydrogens (tertiary/aromatic N) is 1. The Morgan fingerprint density at radius 1 is 1.00 bits per heavy atom. The molecular formula is C15H16N2O. The van der Waals surface area contributed by atoms with Crippen molar-refractivity contribution in [2.75, 3.05) is 18.0 Å². The first-order chi connectivity index (χ1) is 8.84. The summed E-state index contributed by atoms with van der Waals surface area (Å²) in [7, 11) is 0. The lowest BCUT2D eigenvalue weighted by atomic mass is 10.1. The molecule has 1 aromatic heterocycles. The van der Waals surface area contributed by atoms with Crippen LogP contribution in [-0.4, -0.2) is 23.9 Å². The van der Waals surface area contributed by atoms with Crippen molar-refractivity contribution in [1.29, 1.82) is 0 Å². The zero-order chi connectivity index (χ0) is 12.4. The van der Waals surface area contributed by atoms with Crippen LogP contribution >= 0.6 is 0 Å². The van der Waals surface area contributed by atoms with Crippen LogP contribution in [0.2, 0.25) is 0 Å². The van der Waals surface area contributed by atoms with E-state index in [0.29, 0.717) is 5.56 Å². The summed E-state index contributed by atoms with van der Waals surface area (Å²) in [5.41, 5.74) is 2.68. The lowest BCUT2D eigenvalue weighted by Gasteiger charge is -2.17. The topological polar surface area (TPSA) is 36.1 Å². The molecular weight excluding hydrogens is 224 g/mol. The van der Waals surface area contributed by atoms with Crippen LogP contribution in [0, 0.1) is 0 Å². The first-order valence-electron chi connectivity index (χ1n) is 6.37. The molecule has 0 spiro atoms. The maximum absolute atomic E-state index is 12.1. The fourth-order valence-electron chi connectivity index (χ4n) is 2.43. The van der Waals surface area contributed by atoms with Crippen molar-refractivity contribution in [3.63, 3.8) is 0 Å². The number of hydrogen-bond donors (Lipinski definition) is 1. The summed E-state index contributed by atoms with van der Waals surface area (Å²) in [6.45, 7) is 2.26. The van der Waals surface area contributed by atoms with Crippen molar-refractivity contribution in [2.24, 2.45) is 0 Å². The second-order valence-electron chi connectivity index (χ2n) is 4.67. The molecule has 18 heavy (non-hydrogen) atoms. The summed E-state index contributed by atoms with van der Waals surface area (Å²) < 4.78 is 0. The van der Waals surface area contributed by atoms with Gasteiger partial charge in [-0.1, -0.05) is 0 Å². The van der Waals surface area contributed by atoms with Crippen molar-refractivity contribution in [3.8, 4) is 0 Å². The molecule has 0 unspecified atom stereocenters. The highest BCUT2D eigenvalue weighted by Crippen LogP contribution is 2.21. The van der Waals surface area contributed by atoms with Crippen LogP contribution in [-0.2, 0) is 0 Å². The molecule has 1 aliphatic heterocycles. The van der Waals surface area contributed by atoms with Gasteiger partial charge in [0.2, 0.25) is 0 Å². The molecule has 0 aliphatic carbocycles. The van der Waals surface area contributed by atoms with Gasteiger partial charge in [-0.15, -0.1) is 0 Å². The number of aromatic amines is 1. The Kier molecular flexibility index (Phi) is 2.89. The van der Waals surface area contributed by atoms with Gasteiger partial charge in [-0.2, -0.15) is 0 Å². The lowest BCUT2D eigenvalue weighted by Crippen LogP contribution is -2.17. The number of carbonyl (C=O) groups is 1. The fourth-order valence-corrected chi connectivity index (χ4v) is 2.43. The van der Waals surface area contributed by atoms with Crippen molar-refractivity contribution >= 4 is 11.5 Å². The molecule has 92 valence electrons. The minimum Gasteiger partial charge on any atom is -0.372 e. The number of nitrogens with one attached hydrogen (secondary N) is 1. The number of anilines is 1. The monoisotopic (exact) mass is 240 g/mol. The standard InChI is InChI=1S/C15H16N2O/c18-15(13-7-8-16-11-13)12-3-5-14(6-4-12)17-9-1-2-10-17/h3-8,11,16H,1-2,9-10H2. The third-order valence-electron chi connectivity index (χ3n) is 3.46. The molecule has 1 aromatic carbocycles. The smallest absolute Gasteiger partial charge is 0.194 e. The van der Waals surface area contributed by atoms with Crippen molar-refractivity contribution in [1.82, 2.24) is 4.98 Å². The Morgan fingerprint density at radius 3 is 2.33 bits per heavy atom. The third kappa shape index (κ3) is 2.04. The summed E-state index contributed by atoms with van der Waals surface area (Å²) in [5.74, 6) is 0.0734. The van der Waals surface area contributed by atoms with Gasteiger partial charge in [0.25, 0.3) is 0 Å². The van der Waals surface area contributed by atoms with Gasteiger partial charge in [-0.05, 0) is 43.2 Å². The molecule has 2 heterocycles. The normalized spacial score (nSPS) is 15.0. The zero-order valence-corrected chi connectivity index (χ0v) is 10.2. The minimum absolute atomic E-state index is 0.0734. The Balaban J connectivity index is 1.80. The van der Waals surface area contributed by atoms with Crippen molar-refractivity contribution < 1.29 is 4.79 Å². The zero-order valence-electron chi connectivity index (χ0n) is 10.2. The van der Waals surface area contributed by atoms with Crippen LogP contribution in [0.4, 0.5) is 5.69 Å². The Bertz CT molecular complexity index is 522. The van der Waals surface area contributed by atoms with Crippen LogP contribution in [0.15, 0.2) is 42.7 Å². The van der Waals surface area contributed by atoms with Crippen LogP contribution in [0.5, 0.6) is 0 Å². The average Bonchev–Trinajstić information content (AvgIpc) is 3.11. The van der Waals surface area contributed by atoms with Gasteiger partial charge in [0, 0.05) is 42.3 Å². The maximum atomic E-state index is 12.1. The van der Waals surface area contributed by atoms with Crippen molar-refractivity contribution in [2.45, 2.75) is 12.8 Å². The van der Waals surface area contributed by atoms with E-state index < -0.39 is 0 Å². The largest absolute Gasteiger partial charge is 0.372 e. The van der Waals surface area contributed by atoms with Crippen molar-refractivity contribution in [3.05, 3.63) is 53.9 Å². The Morgan fingerprint density at radius 2 is 1.72 bits per heavy atom. The quantitative estimate of drug-likeness (QED) is 0.837. The molecule has 2 aromatic rings. The Hall–Kier alpha value is -2.03. The molecule has 1 N–H and O–H groups in total. The third-order valence-corrected chi connectivity index (χ3v) is 3.46. The van der Waals surface area contributed by atoms with E-state index in [-0.39, 0.29) is 5.78 Å². The van der Waals surface area contributed by atoms with Crippen LogP contribution in [0.1, 0.15) is 28.8 Å². The first kappa shape index (κ1) is 11.1. The predicted octanol–water partition coefficient (Wildman–Crippen LogP) is 2.85. The van der Waals surface area contributed by atoms with Crippen LogP contribution < -0.4 is 4.90 Å². The van der Waals surface area contributed by atoms with E-state index in [2.05, 4.69) is 9.88 Å². The number of hydrogen-bond acceptors (Lipinski definition) is 2. The molecule has 0 bridgehead atoms. The maximum Gasteiger partial charge on any atom is 0.194 e. The molecule has 0 amide bonds. The highest BCUT2D eigenvalue weighted by molar-refractivity contribution is 6.09. The molecule has 1 fully saturated rings. The summed E-state index contributed by atoms with van der Waals surface area (Å²) in [5, 5.41) is 0. The number of carbonyl (C=O) groups excluding carboxylic acids is 1. The highest BCUT2D eigenvalue weighted by atomic mass is 16.1. The summed E-state index contributed by atoms with van der Waals surface area (Å²) in [6.07, 6.45) is 6.04. The second-order valence-corrected chi connectivity index (χ2v) is 4.67. The van der Waals surface area contributed by atoms with Crippen LogP contribution in [0.3, 0.4) is 0 Å². The van der Waals surface area contributed by atoms with E-state index in [1.54, 1.807) is 18.5 Å². The molecule has 3 nitrogen and oxygen atoms in total. The van der Waals surface area contributed by atoms with E-state index in [0.717, 1.165) is 18.7 Å². The number of H-pyrrole nitrogens is 1. The Labute approximate surface area is 106 Å². The lowest BCUT2D eigenvalue weighted by molar-refractivity contribution is 0.103. The molecule has 0 saturated carbocycles. The summed E-state index contributed by atoms with van der Waals surface area (Å²) in [6, 6.07) is 9.74. The van der Waals surface area contributed by atoms with Gasteiger partial charge in [0.1, 0.15) is 0 Å². The van der Waals surface area contributed by atoms with E-state index in [9.17, 15) is 4.79 Å². The summed E-state index contributed by atoms with van der Waals surface area (Å²) >= 11 is 0. The predicted molar refractivity (Wildman–Crippen MR) is 72.1 cm³/mol. The van der Waals surface area contributed by atoms with E-state index in [4.69, 9.17) is 0 Å². The van der Waals surface area contributed by atoms with E-state index in [1.165, 1.54) is 18.5 Å². The minimum atomic E-state index is 0.0734. The number of rotatable bonds is 3. The molecule has 1 aliphatic rings. The summed E-state index contributed by atoms with van der Waals surface area (Å²) in [4.78, 5) is 17.4. The number of aromatic nitrogens is 1. The SMILES string of the molecule is O=C(c1ccc(N2CCCC2)cc1)c1cc[nH]c1. The number of ketones is 1. The van der Waals surface area contributed by atoms with Gasteiger partial charge in [-0.3, -0.25) is 4.79 Å². The molecule has 1 saturated heterocycles. The van der Waals surface area contributed by atoms with Gasteiger partial charge in [-0.25, -0.2) is 0 Å². The van der Waals surface area contributed by atoms with Gasteiger partial charge >= 0.3 is 0 Å². The van der Waals surface area contributed by atoms with Crippen LogP contribution in [0.25, 0.3) is 0 Å².